The lowest BCUT2D eigenvalue weighted by Gasteiger charge is -2.45. The van der Waals surface area contributed by atoms with Crippen molar-refractivity contribution in [1.82, 2.24) is 10.2 Å². The quantitative estimate of drug-likeness (QED) is 0.383. The third-order valence-electron chi connectivity index (χ3n) is 4.94. The first kappa shape index (κ1) is 21.4. The minimum atomic E-state index is -0.547. The van der Waals surface area contributed by atoms with Crippen molar-refractivity contribution >= 4 is 47.6 Å². The van der Waals surface area contributed by atoms with E-state index in [1.54, 1.807) is 12.1 Å². The van der Waals surface area contributed by atoms with E-state index in [1.165, 1.54) is 32.1 Å². The lowest BCUT2D eigenvalue weighted by atomic mass is 9.87. The molecule has 0 bridgehead atoms. The predicted octanol–water partition coefficient (Wildman–Crippen LogP) is 3.21. The summed E-state index contributed by atoms with van der Waals surface area (Å²) in [6.07, 6.45) is 6.69. The number of nitrogens with two attached hydrogens (primary N) is 1. The fraction of sp³-hybridized carbons (Fsp3) is 0.667. The highest BCUT2D eigenvalue weighted by atomic mass is 127. The summed E-state index contributed by atoms with van der Waals surface area (Å²) < 4.78 is 5.84. The topological polar surface area (TPSA) is 83.9 Å². The number of carbonyl (C=O) groups excluding carboxylic acids is 1. The van der Waals surface area contributed by atoms with Gasteiger partial charge < -0.3 is 20.4 Å². The van der Waals surface area contributed by atoms with E-state index >= 15 is 0 Å². The molecule has 3 rings (SSSR count). The first-order valence-electron chi connectivity index (χ1n) is 9.18. The molecule has 0 atom stereocenters. The van der Waals surface area contributed by atoms with Crippen molar-refractivity contribution < 1.29 is 9.21 Å². The zero-order valence-electron chi connectivity index (χ0n) is 15.3. The van der Waals surface area contributed by atoms with E-state index in [0.717, 1.165) is 31.3 Å². The molecule has 2 heterocycles. The minimum absolute atomic E-state index is 0. The third kappa shape index (κ3) is 5.31. The molecule has 8 heteroatoms. The second-order valence-corrected chi connectivity index (χ2v) is 8.38. The summed E-state index contributed by atoms with van der Waals surface area (Å²) in [5, 5.41) is 3.41. The third-order valence-corrected chi connectivity index (χ3v) is 6.47. The Hall–Kier alpha value is -0.900. The van der Waals surface area contributed by atoms with Gasteiger partial charge in [0.25, 0.3) is 5.91 Å². The van der Waals surface area contributed by atoms with Crippen LogP contribution in [0.15, 0.2) is 21.5 Å². The van der Waals surface area contributed by atoms with Gasteiger partial charge in [-0.15, -0.1) is 24.0 Å². The molecule has 0 unspecified atom stereocenters. The molecule has 3 N–H and O–H groups in total. The second-order valence-electron chi connectivity index (χ2n) is 6.81. The average molecular weight is 492 g/mol. The van der Waals surface area contributed by atoms with Gasteiger partial charge in [-0.3, -0.25) is 4.79 Å². The van der Waals surface area contributed by atoms with Gasteiger partial charge in [0, 0.05) is 30.1 Å². The van der Waals surface area contributed by atoms with Gasteiger partial charge in [0.15, 0.2) is 11.7 Å². The number of hydrogen-bond donors (Lipinski definition) is 2. The van der Waals surface area contributed by atoms with Crippen LogP contribution in [0.1, 0.15) is 55.3 Å². The number of nitrogens with one attached hydrogen (secondary N) is 1. The summed E-state index contributed by atoms with van der Waals surface area (Å²) in [5.41, 5.74) is 5.24. The van der Waals surface area contributed by atoms with Gasteiger partial charge in [-0.2, -0.15) is 11.8 Å². The highest BCUT2D eigenvalue weighted by molar-refractivity contribution is 14.0. The van der Waals surface area contributed by atoms with Gasteiger partial charge in [0.1, 0.15) is 12.3 Å². The lowest BCUT2D eigenvalue weighted by molar-refractivity contribution is 0.0972. The van der Waals surface area contributed by atoms with E-state index in [1.807, 2.05) is 0 Å². The molecule has 2 fully saturated rings. The molecule has 26 heavy (non-hydrogen) atoms. The van der Waals surface area contributed by atoms with Crippen molar-refractivity contribution in [2.24, 2.45) is 10.7 Å². The van der Waals surface area contributed by atoms with Crippen LogP contribution in [0.5, 0.6) is 0 Å². The molecule has 6 nitrogen and oxygen atoms in total. The SMILES string of the molecule is CCNC(=NCc1ccc(C(N)=O)o1)N1CCSC2(CCCCC2)C1.I. The van der Waals surface area contributed by atoms with Crippen molar-refractivity contribution in [3.8, 4) is 0 Å². The number of carbonyl (C=O) groups is 1. The average Bonchev–Trinajstić information content (AvgIpc) is 3.09. The zero-order valence-corrected chi connectivity index (χ0v) is 18.5. The highest BCUT2D eigenvalue weighted by Gasteiger charge is 2.38. The van der Waals surface area contributed by atoms with Crippen LogP contribution in [0.2, 0.25) is 0 Å². The molecule has 1 aromatic heterocycles. The van der Waals surface area contributed by atoms with E-state index in [9.17, 15) is 4.79 Å². The van der Waals surface area contributed by atoms with Crippen LogP contribution in [0.25, 0.3) is 0 Å². The summed E-state index contributed by atoms with van der Waals surface area (Å²) in [4.78, 5) is 18.3. The number of furan rings is 1. The van der Waals surface area contributed by atoms with Gasteiger partial charge in [0.05, 0.1) is 0 Å². The molecule has 1 spiro atoms. The molecule has 2 aliphatic rings. The molecule has 1 amide bonds. The zero-order chi connectivity index (χ0) is 17.7. The van der Waals surface area contributed by atoms with Crippen molar-refractivity contribution in [3.05, 3.63) is 23.7 Å². The number of halogens is 1. The van der Waals surface area contributed by atoms with Crippen molar-refractivity contribution in [1.29, 1.82) is 0 Å². The Morgan fingerprint density at radius 2 is 2.15 bits per heavy atom. The number of nitrogens with zero attached hydrogens (tertiary/aromatic N) is 2. The van der Waals surface area contributed by atoms with E-state index in [0.29, 0.717) is 17.1 Å². The molecule has 0 aromatic carbocycles. The Balaban J connectivity index is 0.00000243. The van der Waals surface area contributed by atoms with Crippen LogP contribution in [0, 0.1) is 0 Å². The maximum atomic E-state index is 11.1. The van der Waals surface area contributed by atoms with Crippen LogP contribution in [0.4, 0.5) is 0 Å². The molecular formula is C18H29IN4O2S. The minimum Gasteiger partial charge on any atom is -0.454 e. The smallest absolute Gasteiger partial charge is 0.284 e. The number of aliphatic imine (C=N–C) groups is 1. The normalized spacial score (nSPS) is 19.9. The van der Waals surface area contributed by atoms with Crippen molar-refractivity contribution in [2.45, 2.75) is 50.3 Å². The van der Waals surface area contributed by atoms with Gasteiger partial charge in [0.2, 0.25) is 0 Å². The van der Waals surface area contributed by atoms with E-state index in [4.69, 9.17) is 15.1 Å². The van der Waals surface area contributed by atoms with Crippen LogP contribution in [-0.4, -0.2) is 46.9 Å². The number of primary amides is 1. The van der Waals surface area contributed by atoms with Crippen molar-refractivity contribution in [2.75, 3.05) is 25.4 Å². The van der Waals surface area contributed by atoms with Crippen LogP contribution < -0.4 is 11.1 Å². The molecular weight excluding hydrogens is 463 g/mol. The summed E-state index contributed by atoms with van der Waals surface area (Å²) >= 11 is 2.15. The number of hydrogen-bond acceptors (Lipinski definition) is 4. The Kier molecular flexibility index (Phi) is 8.12. The first-order valence-corrected chi connectivity index (χ1v) is 10.2. The largest absolute Gasteiger partial charge is 0.454 e. The Labute approximate surface area is 176 Å². The Bertz CT molecular complexity index is 623. The molecule has 1 aliphatic carbocycles. The summed E-state index contributed by atoms with van der Waals surface area (Å²) in [5.74, 6) is 2.38. The summed E-state index contributed by atoms with van der Waals surface area (Å²) in [6, 6.07) is 3.37. The van der Waals surface area contributed by atoms with Crippen LogP contribution in [0.3, 0.4) is 0 Å². The number of amides is 1. The van der Waals surface area contributed by atoms with Gasteiger partial charge in [-0.05, 0) is 31.9 Å². The Morgan fingerprint density at radius 3 is 2.81 bits per heavy atom. The lowest BCUT2D eigenvalue weighted by Crippen LogP contribution is -2.53. The first-order chi connectivity index (χ1) is 12.1. The fourth-order valence-corrected chi connectivity index (χ4v) is 5.27. The molecule has 1 saturated carbocycles. The number of guanidine groups is 1. The maximum Gasteiger partial charge on any atom is 0.284 e. The second kappa shape index (κ2) is 9.87. The van der Waals surface area contributed by atoms with E-state index in [2.05, 4.69) is 28.9 Å². The van der Waals surface area contributed by atoms with E-state index < -0.39 is 5.91 Å². The predicted molar refractivity (Wildman–Crippen MR) is 117 cm³/mol. The fourth-order valence-electron chi connectivity index (χ4n) is 3.70. The van der Waals surface area contributed by atoms with Crippen LogP contribution in [-0.2, 0) is 6.54 Å². The summed E-state index contributed by atoms with van der Waals surface area (Å²) in [6.45, 7) is 5.41. The molecule has 1 saturated heterocycles. The monoisotopic (exact) mass is 492 g/mol. The highest BCUT2D eigenvalue weighted by Crippen LogP contribution is 2.42. The van der Waals surface area contributed by atoms with Crippen LogP contribution >= 0.6 is 35.7 Å². The molecule has 0 radical (unpaired) electrons. The molecule has 1 aliphatic heterocycles. The maximum absolute atomic E-state index is 11.1. The molecule has 1 aromatic rings. The molecule has 146 valence electrons. The van der Waals surface area contributed by atoms with Gasteiger partial charge >= 0.3 is 0 Å². The van der Waals surface area contributed by atoms with E-state index in [-0.39, 0.29) is 29.7 Å². The van der Waals surface area contributed by atoms with Gasteiger partial charge in [-0.1, -0.05) is 19.3 Å². The van der Waals surface area contributed by atoms with Gasteiger partial charge in [-0.25, -0.2) is 4.99 Å². The van der Waals surface area contributed by atoms with Crippen molar-refractivity contribution in [3.63, 3.8) is 0 Å². The number of thioether (sulfide) groups is 1. The number of rotatable bonds is 4. The Morgan fingerprint density at radius 1 is 1.38 bits per heavy atom. The standard InChI is InChI=1S/C18H28N4O2S.HI/c1-2-20-17(21-12-14-6-7-15(24-14)16(19)23)22-10-11-25-18(13-22)8-4-3-5-9-18;/h6-7H,2-5,8-13H2,1H3,(H2,19,23)(H,20,21);1H. The summed E-state index contributed by atoms with van der Waals surface area (Å²) in [7, 11) is 0.